The molecule has 3 heteroatoms. The molecular formula is C12H19N3. The lowest BCUT2D eigenvalue weighted by molar-refractivity contribution is 0.443. The highest BCUT2D eigenvalue weighted by Gasteiger charge is 2.28. The van der Waals surface area contributed by atoms with E-state index in [1.807, 2.05) is 6.20 Å². The Bertz CT molecular complexity index is 286. The zero-order valence-corrected chi connectivity index (χ0v) is 9.32. The molecule has 0 saturated heterocycles. The molecule has 1 aliphatic rings. The molecule has 1 saturated carbocycles. The van der Waals surface area contributed by atoms with Crippen molar-refractivity contribution in [3.8, 4) is 0 Å². The molecule has 2 rings (SSSR count). The Hall–Kier alpha value is -0.960. The summed E-state index contributed by atoms with van der Waals surface area (Å²) in [7, 11) is 0. The summed E-state index contributed by atoms with van der Waals surface area (Å²) in [6.45, 7) is 4.34. The van der Waals surface area contributed by atoms with Crippen LogP contribution < -0.4 is 5.32 Å². The monoisotopic (exact) mass is 205 g/mol. The summed E-state index contributed by atoms with van der Waals surface area (Å²) in [5.41, 5.74) is 1.18. The van der Waals surface area contributed by atoms with Crippen molar-refractivity contribution in [2.45, 2.75) is 32.1 Å². The molecule has 2 unspecified atom stereocenters. The van der Waals surface area contributed by atoms with Gasteiger partial charge in [0.05, 0.1) is 5.69 Å². The van der Waals surface area contributed by atoms with Crippen molar-refractivity contribution in [1.82, 2.24) is 15.3 Å². The van der Waals surface area contributed by atoms with Crippen LogP contribution in [-0.2, 0) is 0 Å². The van der Waals surface area contributed by atoms with E-state index in [1.54, 1.807) is 12.4 Å². The zero-order valence-electron chi connectivity index (χ0n) is 9.32. The maximum Gasteiger partial charge on any atom is 0.0620 e. The molecule has 2 atom stereocenters. The third-order valence-electron chi connectivity index (χ3n) is 3.28. The maximum absolute atomic E-state index is 4.43. The molecule has 1 heterocycles. The molecule has 1 aromatic rings. The Morgan fingerprint density at radius 3 is 3.07 bits per heavy atom. The zero-order chi connectivity index (χ0) is 10.5. The summed E-state index contributed by atoms with van der Waals surface area (Å²) in [5, 5.41) is 3.44. The molecule has 0 aliphatic heterocycles. The Kier molecular flexibility index (Phi) is 3.67. The minimum absolute atomic E-state index is 0.623. The Balaban J connectivity index is 2.01. The van der Waals surface area contributed by atoms with Crippen LogP contribution in [0.15, 0.2) is 18.6 Å². The van der Waals surface area contributed by atoms with Gasteiger partial charge < -0.3 is 5.32 Å². The van der Waals surface area contributed by atoms with Crippen LogP contribution in [0.1, 0.15) is 37.8 Å². The lowest BCUT2D eigenvalue weighted by atomic mass is 9.93. The summed E-state index contributed by atoms with van der Waals surface area (Å²) in [5.74, 6) is 1.37. The second-order valence-electron chi connectivity index (χ2n) is 4.24. The van der Waals surface area contributed by atoms with Crippen LogP contribution in [-0.4, -0.2) is 23.1 Å². The van der Waals surface area contributed by atoms with Crippen molar-refractivity contribution in [3.05, 3.63) is 24.3 Å². The van der Waals surface area contributed by atoms with E-state index < -0.39 is 0 Å². The van der Waals surface area contributed by atoms with Gasteiger partial charge in [0.2, 0.25) is 0 Å². The highest BCUT2D eigenvalue weighted by Crippen LogP contribution is 2.37. The highest BCUT2D eigenvalue weighted by atomic mass is 14.9. The predicted molar refractivity (Wildman–Crippen MR) is 60.7 cm³/mol. The summed E-state index contributed by atoms with van der Waals surface area (Å²) in [6, 6.07) is 0. The Labute approximate surface area is 91.3 Å². The molecular weight excluding hydrogens is 186 g/mol. The van der Waals surface area contributed by atoms with Gasteiger partial charge in [0.1, 0.15) is 0 Å². The van der Waals surface area contributed by atoms with Gasteiger partial charge in [-0.3, -0.25) is 9.97 Å². The number of rotatable bonds is 4. The van der Waals surface area contributed by atoms with E-state index in [1.165, 1.54) is 25.0 Å². The average molecular weight is 205 g/mol. The normalized spacial score (nSPS) is 25.7. The Morgan fingerprint density at radius 1 is 1.40 bits per heavy atom. The molecule has 3 nitrogen and oxygen atoms in total. The maximum atomic E-state index is 4.43. The lowest BCUT2D eigenvalue weighted by Crippen LogP contribution is -2.24. The van der Waals surface area contributed by atoms with Gasteiger partial charge in [-0.05, 0) is 31.8 Å². The fourth-order valence-electron chi connectivity index (χ4n) is 2.50. The SMILES string of the molecule is CCNCC1CCCC1c1cnccn1. The average Bonchev–Trinajstić information content (AvgIpc) is 2.75. The molecule has 15 heavy (non-hydrogen) atoms. The van der Waals surface area contributed by atoms with Crippen LogP contribution in [0.2, 0.25) is 0 Å². The first kappa shape index (κ1) is 10.6. The highest BCUT2D eigenvalue weighted by molar-refractivity contribution is 5.07. The van der Waals surface area contributed by atoms with Crippen LogP contribution in [0, 0.1) is 5.92 Å². The van der Waals surface area contributed by atoms with E-state index in [0.29, 0.717) is 5.92 Å². The molecule has 1 aromatic heterocycles. The summed E-state index contributed by atoms with van der Waals surface area (Å²) >= 11 is 0. The van der Waals surface area contributed by atoms with E-state index in [2.05, 4.69) is 22.2 Å². The van der Waals surface area contributed by atoms with Gasteiger partial charge in [0.25, 0.3) is 0 Å². The predicted octanol–water partition coefficient (Wildman–Crippen LogP) is 1.97. The van der Waals surface area contributed by atoms with Crippen molar-refractivity contribution in [1.29, 1.82) is 0 Å². The van der Waals surface area contributed by atoms with Crippen LogP contribution in [0.4, 0.5) is 0 Å². The van der Waals surface area contributed by atoms with Crippen molar-refractivity contribution in [2.75, 3.05) is 13.1 Å². The fraction of sp³-hybridized carbons (Fsp3) is 0.667. The van der Waals surface area contributed by atoms with Crippen LogP contribution in [0.5, 0.6) is 0 Å². The van der Waals surface area contributed by atoms with E-state index in [9.17, 15) is 0 Å². The van der Waals surface area contributed by atoms with Gasteiger partial charge in [-0.2, -0.15) is 0 Å². The summed E-state index contributed by atoms with van der Waals surface area (Å²) in [4.78, 5) is 8.59. The number of aromatic nitrogens is 2. The van der Waals surface area contributed by atoms with Gasteiger partial charge >= 0.3 is 0 Å². The quantitative estimate of drug-likeness (QED) is 0.816. The third kappa shape index (κ3) is 2.53. The van der Waals surface area contributed by atoms with Gasteiger partial charge in [0.15, 0.2) is 0 Å². The second-order valence-corrected chi connectivity index (χ2v) is 4.24. The van der Waals surface area contributed by atoms with E-state index >= 15 is 0 Å². The molecule has 1 aliphatic carbocycles. The summed E-state index contributed by atoms with van der Waals surface area (Å²) in [6.07, 6.45) is 9.41. The first-order chi connectivity index (χ1) is 7.42. The first-order valence-electron chi connectivity index (χ1n) is 5.88. The number of hydrogen-bond donors (Lipinski definition) is 1. The molecule has 1 N–H and O–H groups in total. The number of nitrogens with one attached hydrogen (secondary N) is 1. The second kappa shape index (κ2) is 5.21. The summed E-state index contributed by atoms with van der Waals surface area (Å²) < 4.78 is 0. The molecule has 0 aromatic carbocycles. The molecule has 82 valence electrons. The first-order valence-corrected chi connectivity index (χ1v) is 5.88. The van der Waals surface area contributed by atoms with Crippen molar-refractivity contribution in [2.24, 2.45) is 5.92 Å². The topological polar surface area (TPSA) is 37.8 Å². The molecule has 0 bridgehead atoms. The van der Waals surface area contributed by atoms with Crippen LogP contribution >= 0.6 is 0 Å². The van der Waals surface area contributed by atoms with Gasteiger partial charge in [-0.1, -0.05) is 13.3 Å². The molecule has 0 spiro atoms. The lowest BCUT2D eigenvalue weighted by Gasteiger charge is -2.18. The van der Waals surface area contributed by atoms with E-state index in [-0.39, 0.29) is 0 Å². The van der Waals surface area contributed by atoms with Gasteiger partial charge in [-0.15, -0.1) is 0 Å². The van der Waals surface area contributed by atoms with Crippen LogP contribution in [0.25, 0.3) is 0 Å². The molecule has 0 radical (unpaired) electrons. The van der Waals surface area contributed by atoms with Crippen molar-refractivity contribution >= 4 is 0 Å². The minimum Gasteiger partial charge on any atom is -0.317 e. The van der Waals surface area contributed by atoms with Gasteiger partial charge in [-0.25, -0.2) is 0 Å². The largest absolute Gasteiger partial charge is 0.317 e. The Morgan fingerprint density at radius 2 is 2.33 bits per heavy atom. The van der Waals surface area contributed by atoms with Crippen LogP contribution in [0.3, 0.4) is 0 Å². The minimum atomic E-state index is 0.623. The van der Waals surface area contributed by atoms with E-state index in [4.69, 9.17) is 0 Å². The number of nitrogens with zero attached hydrogens (tertiary/aromatic N) is 2. The van der Waals surface area contributed by atoms with Crippen molar-refractivity contribution < 1.29 is 0 Å². The van der Waals surface area contributed by atoms with E-state index in [0.717, 1.165) is 19.0 Å². The smallest absolute Gasteiger partial charge is 0.0620 e. The fourth-order valence-corrected chi connectivity index (χ4v) is 2.50. The van der Waals surface area contributed by atoms with Gasteiger partial charge in [0, 0.05) is 24.5 Å². The third-order valence-corrected chi connectivity index (χ3v) is 3.28. The standard InChI is InChI=1S/C12H19N3/c1-2-13-8-10-4-3-5-11(10)12-9-14-6-7-15-12/h6-7,9-11,13H,2-5,8H2,1H3. The molecule has 1 fully saturated rings. The van der Waals surface area contributed by atoms with Crippen molar-refractivity contribution in [3.63, 3.8) is 0 Å². The molecule has 0 amide bonds. The number of hydrogen-bond acceptors (Lipinski definition) is 3.